The predicted octanol–water partition coefficient (Wildman–Crippen LogP) is 1.60. The number of carbonyl (C=O) groups excluding carboxylic acids is 3. The second-order valence-corrected chi connectivity index (χ2v) is 4.66. The number of aromatic hydroxyl groups is 1. The lowest BCUT2D eigenvalue weighted by Gasteiger charge is -2.17. The van der Waals surface area contributed by atoms with E-state index in [2.05, 4.69) is 0 Å². The molecule has 1 N–H and O–H groups in total. The molecule has 0 aromatic heterocycles. The fourth-order valence-electron chi connectivity index (χ4n) is 1.62. The van der Waals surface area contributed by atoms with Crippen LogP contribution in [-0.2, 0) is 25.7 Å². The molecule has 0 saturated heterocycles. The molecule has 120 valence electrons. The molecular formula is C15H18O7. The van der Waals surface area contributed by atoms with Crippen LogP contribution in [0.4, 0.5) is 0 Å². The van der Waals surface area contributed by atoms with Gasteiger partial charge in [0.1, 0.15) is 19.3 Å². The van der Waals surface area contributed by atoms with E-state index in [0.29, 0.717) is 11.8 Å². The summed E-state index contributed by atoms with van der Waals surface area (Å²) in [5.41, 5.74) is 0.504. The van der Waals surface area contributed by atoms with Crippen molar-refractivity contribution in [2.45, 2.75) is 33.5 Å². The predicted molar refractivity (Wildman–Crippen MR) is 75.7 cm³/mol. The Kier molecular flexibility index (Phi) is 6.37. The van der Waals surface area contributed by atoms with Crippen molar-refractivity contribution in [2.75, 3.05) is 6.61 Å². The van der Waals surface area contributed by atoms with Crippen molar-refractivity contribution in [3.05, 3.63) is 23.3 Å². The molecule has 1 rings (SSSR count). The summed E-state index contributed by atoms with van der Waals surface area (Å²) in [7, 11) is 0. The molecule has 0 aliphatic rings. The molecule has 0 radical (unpaired) electrons. The van der Waals surface area contributed by atoms with Gasteiger partial charge in [0.25, 0.3) is 0 Å². The molecular weight excluding hydrogens is 292 g/mol. The zero-order valence-electron chi connectivity index (χ0n) is 12.6. The van der Waals surface area contributed by atoms with Crippen LogP contribution in [-0.4, -0.2) is 36.0 Å². The molecule has 0 saturated carbocycles. The number of esters is 2. The summed E-state index contributed by atoms with van der Waals surface area (Å²) in [6, 6.07) is 2.85. The maximum absolute atomic E-state index is 11.0. The smallest absolute Gasteiger partial charge is 0.302 e. The van der Waals surface area contributed by atoms with Gasteiger partial charge in [-0.15, -0.1) is 0 Å². The summed E-state index contributed by atoms with van der Waals surface area (Å²) >= 11 is 0. The Balaban J connectivity index is 2.91. The van der Waals surface area contributed by atoms with E-state index < -0.39 is 18.0 Å². The Bertz CT molecular complexity index is 565. The number of rotatable bonds is 7. The standard InChI is InChI=1S/C15H18O7/c1-9(7-20-10(2)17)22-14-5-12(8-21-11(3)18)4-13(6-16)15(14)19/h4-6,9,19H,7-8H2,1-3H3. The maximum Gasteiger partial charge on any atom is 0.302 e. The van der Waals surface area contributed by atoms with Crippen LogP contribution in [0, 0.1) is 0 Å². The summed E-state index contributed by atoms with van der Waals surface area (Å²) in [6.07, 6.45) is -0.0609. The molecule has 7 nitrogen and oxygen atoms in total. The minimum Gasteiger partial charge on any atom is -0.504 e. The van der Waals surface area contributed by atoms with Crippen molar-refractivity contribution in [3.8, 4) is 11.5 Å². The number of phenols is 1. The quantitative estimate of drug-likeness (QED) is 0.603. The first-order valence-corrected chi connectivity index (χ1v) is 6.58. The number of ether oxygens (including phenoxy) is 3. The summed E-state index contributed by atoms with van der Waals surface area (Å²) in [4.78, 5) is 32.6. The van der Waals surface area contributed by atoms with Crippen molar-refractivity contribution in [1.29, 1.82) is 0 Å². The largest absolute Gasteiger partial charge is 0.504 e. The zero-order valence-corrected chi connectivity index (χ0v) is 12.6. The Labute approximate surface area is 127 Å². The van der Waals surface area contributed by atoms with E-state index in [1.165, 1.54) is 26.0 Å². The van der Waals surface area contributed by atoms with Gasteiger partial charge in [-0.05, 0) is 24.6 Å². The normalized spacial score (nSPS) is 11.4. The molecule has 0 fully saturated rings. The highest BCUT2D eigenvalue weighted by Crippen LogP contribution is 2.32. The van der Waals surface area contributed by atoms with Crippen LogP contribution in [0.1, 0.15) is 36.7 Å². The van der Waals surface area contributed by atoms with E-state index >= 15 is 0 Å². The van der Waals surface area contributed by atoms with E-state index in [-0.39, 0.29) is 30.3 Å². The molecule has 0 spiro atoms. The maximum atomic E-state index is 11.0. The van der Waals surface area contributed by atoms with Gasteiger partial charge in [-0.3, -0.25) is 14.4 Å². The minimum absolute atomic E-state index is 0.000625. The highest BCUT2D eigenvalue weighted by molar-refractivity contribution is 5.81. The van der Waals surface area contributed by atoms with Crippen LogP contribution >= 0.6 is 0 Å². The first kappa shape index (κ1) is 17.5. The third-order valence-corrected chi connectivity index (χ3v) is 2.58. The highest BCUT2D eigenvalue weighted by Gasteiger charge is 2.15. The molecule has 1 aromatic carbocycles. The van der Waals surface area contributed by atoms with Crippen molar-refractivity contribution in [3.63, 3.8) is 0 Å². The second kappa shape index (κ2) is 8.02. The van der Waals surface area contributed by atoms with E-state index in [1.54, 1.807) is 6.92 Å². The van der Waals surface area contributed by atoms with Crippen LogP contribution < -0.4 is 4.74 Å². The van der Waals surface area contributed by atoms with Crippen LogP contribution in [0.5, 0.6) is 11.5 Å². The number of hydrogen-bond donors (Lipinski definition) is 1. The van der Waals surface area contributed by atoms with Crippen LogP contribution in [0.25, 0.3) is 0 Å². The SMILES string of the molecule is CC(=O)OCc1cc(C=O)c(O)c(OC(C)COC(C)=O)c1. The van der Waals surface area contributed by atoms with Gasteiger partial charge < -0.3 is 19.3 Å². The van der Waals surface area contributed by atoms with E-state index in [0.717, 1.165) is 0 Å². The van der Waals surface area contributed by atoms with Gasteiger partial charge >= 0.3 is 11.9 Å². The van der Waals surface area contributed by atoms with Crippen LogP contribution in [0.15, 0.2) is 12.1 Å². The Hall–Kier alpha value is -2.57. The lowest BCUT2D eigenvalue weighted by atomic mass is 10.1. The highest BCUT2D eigenvalue weighted by atomic mass is 16.6. The lowest BCUT2D eigenvalue weighted by Crippen LogP contribution is -2.21. The zero-order chi connectivity index (χ0) is 16.7. The Morgan fingerprint density at radius 3 is 2.41 bits per heavy atom. The first-order chi connectivity index (χ1) is 10.3. The molecule has 0 bridgehead atoms. The van der Waals surface area contributed by atoms with Gasteiger partial charge in [0.2, 0.25) is 0 Å². The third kappa shape index (κ3) is 5.43. The van der Waals surface area contributed by atoms with Gasteiger partial charge in [-0.2, -0.15) is 0 Å². The molecule has 1 unspecified atom stereocenters. The number of carbonyl (C=O) groups is 3. The second-order valence-electron chi connectivity index (χ2n) is 4.66. The molecule has 0 amide bonds. The van der Waals surface area contributed by atoms with Crippen molar-refractivity contribution < 1.29 is 33.7 Å². The molecule has 0 heterocycles. The summed E-state index contributed by atoms with van der Waals surface area (Å²) in [5.74, 6) is -1.19. The third-order valence-electron chi connectivity index (χ3n) is 2.58. The average Bonchev–Trinajstić information content (AvgIpc) is 2.45. The van der Waals surface area contributed by atoms with Gasteiger partial charge in [0.05, 0.1) is 5.56 Å². The number of hydrogen-bond acceptors (Lipinski definition) is 7. The topological polar surface area (TPSA) is 99.1 Å². The van der Waals surface area contributed by atoms with E-state index in [4.69, 9.17) is 14.2 Å². The molecule has 7 heteroatoms. The lowest BCUT2D eigenvalue weighted by molar-refractivity contribution is -0.143. The number of benzene rings is 1. The van der Waals surface area contributed by atoms with Crippen molar-refractivity contribution in [2.24, 2.45) is 0 Å². The summed E-state index contributed by atoms with van der Waals surface area (Å²) in [5, 5.41) is 9.95. The summed E-state index contributed by atoms with van der Waals surface area (Å²) < 4.78 is 15.1. The van der Waals surface area contributed by atoms with Crippen molar-refractivity contribution in [1.82, 2.24) is 0 Å². The van der Waals surface area contributed by atoms with E-state index in [1.807, 2.05) is 0 Å². The molecule has 0 aliphatic carbocycles. The fraction of sp³-hybridized carbons (Fsp3) is 0.400. The summed E-state index contributed by atoms with van der Waals surface area (Å²) in [6.45, 7) is 4.13. The molecule has 1 atom stereocenters. The van der Waals surface area contributed by atoms with Gasteiger partial charge in [-0.25, -0.2) is 0 Å². The monoisotopic (exact) mass is 310 g/mol. The Morgan fingerprint density at radius 1 is 1.23 bits per heavy atom. The number of phenolic OH excluding ortho intramolecular Hbond substituents is 1. The van der Waals surface area contributed by atoms with E-state index in [9.17, 15) is 19.5 Å². The molecule has 22 heavy (non-hydrogen) atoms. The fourth-order valence-corrected chi connectivity index (χ4v) is 1.62. The van der Waals surface area contributed by atoms with Crippen LogP contribution in [0.3, 0.4) is 0 Å². The van der Waals surface area contributed by atoms with Crippen LogP contribution in [0.2, 0.25) is 0 Å². The van der Waals surface area contributed by atoms with Crippen molar-refractivity contribution >= 4 is 18.2 Å². The minimum atomic E-state index is -0.529. The van der Waals surface area contributed by atoms with Gasteiger partial charge in [0, 0.05) is 13.8 Å². The van der Waals surface area contributed by atoms with Gasteiger partial charge in [-0.1, -0.05) is 0 Å². The number of aldehydes is 1. The Morgan fingerprint density at radius 2 is 1.86 bits per heavy atom. The molecule has 1 aromatic rings. The first-order valence-electron chi connectivity index (χ1n) is 6.58. The molecule has 0 aliphatic heterocycles. The average molecular weight is 310 g/mol. The van der Waals surface area contributed by atoms with Gasteiger partial charge in [0.15, 0.2) is 17.8 Å².